The van der Waals surface area contributed by atoms with Gasteiger partial charge in [-0.05, 0) is 55.5 Å². The largest absolute Gasteiger partial charge is 0.353 e. The number of carbonyl (C=O) groups excluding carboxylic acids is 1. The monoisotopic (exact) mass is 375 g/mol. The van der Waals surface area contributed by atoms with Crippen molar-refractivity contribution >= 4 is 11.6 Å². The van der Waals surface area contributed by atoms with Gasteiger partial charge in [-0.2, -0.15) is 0 Å². The average molecular weight is 376 g/mol. The Balaban J connectivity index is 1.66. The maximum absolute atomic E-state index is 13.0. The summed E-state index contributed by atoms with van der Waals surface area (Å²) in [6.07, 6.45) is 10.4. The zero-order valence-electron chi connectivity index (χ0n) is 16.8. The fourth-order valence-electron chi connectivity index (χ4n) is 4.43. The van der Waals surface area contributed by atoms with Gasteiger partial charge in [-0.25, -0.2) is 4.98 Å². The van der Waals surface area contributed by atoms with Crippen molar-refractivity contribution in [2.24, 2.45) is 0 Å². The lowest BCUT2D eigenvalue weighted by Crippen LogP contribution is -2.37. The van der Waals surface area contributed by atoms with Gasteiger partial charge in [0.2, 0.25) is 5.91 Å². The molecule has 1 atom stereocenters. The highest BCUT2D eigenvalue weighted by Gasteiger charge is 2.25. The Hall–Kier alpha value is -2.62. The molecule has 2 aromatic heterocycles. The van der Waals surface area contributed by atoms with Crippen molar-refractivity contribution < 1.29 is 4.79 Å². The molecule has 4 rings (SSSR count). The number of carbonyl (C=O) groups is 1. The SMILES string of the molecule is Cc1ccn2c(C(CC(=O)NC3CCCCC3)c3ccccc3C)cnc2c1. The molecule has 1 fully saturated rings. The normalized spacial score (nSPS) is 16.2. The fourth-order valence-corrected chi connectivity index (χ4v) is 4.43. The van der Waals surface area contributed by atoms with Gasteiger partial charge in [0.1, 0.15) is 5.65 Å². The maximum atomic E-state index is 13.0. The molecule has 28 heavy (non-hydrogen) atoms. The Labute approximate surface area is 167 Å². The Kier molecular flexibility index (Phi) is 5.47. The van der Waals surface area contributed by atoms with E-state index in [-0.39, 0.29) is 11.8 Å². The van der Waals surface area contributed by atoms with Crippen molar-refractivity contribution in [1.82, 2.24) is 14.7 Å². The van der Waals surface area contributed by atoms with E-state index in [4.69, 9.17) is 0 Å². The quantitative estimate of drug-likeness (QED) is 0.688. The number of nitrogens with zero attached hydrogens (tertiary/aromatic N) is 2. The number of aryl methyl sites for hydroxylation is 2. The third kappa shape index (κ3) is 3.96. The first-order chi connectivity index (χ1) is 13.6. The van der Waals surface area contributed by atoms with Crippen LogP contribution in [0.25, 0.3) is 5.65 Å². The molecule has 1 aliphatic rings. The second-order valence-electron chi connectivity index (χ2n) is 8.13. The summed E-state index contributed by atoms with van der Waals surface area (Å²) in [5.74, 6) is 0.129. The van der Waals surface area contributed by atoms with E-state index in [9.17, 15) is 4.79 Å². The molecular weight excluding hydrogens is 346 g/mol. The van der Waals surface area contributed by atoms with E-state index in [0.717, 1.165) is 24.2 Å². The molecule has 0 saturated heterocycles. The summed E-state index contributed by atoms with van der Waals surface area (Å²) < 4.78 is 2.12. The zero-order valence-corrected chi connectivity index (χ0v) is 16.8. The van der Waals surface area contributed by atoms with Crippen LogP contribution >= 0.6 is 0 Å². The summed E-state index contributed by atoms with van der Waals surface area (Å²) in [4.78, 5) is 17.6. The molecule has 1 aliphatic carbocycles. The van der Waals surface area contributed by atoms with Crippen LogP contribution in [0.15, 0.2) is 48.8 Å². The van der Waals surface area contributed by atoms with Crippen LogP contribution in [0.2, 0.25) is 0 Å². The van der Waals surface area contributed by atoms with Gasteiger partial charge in [0.25, 0.3) is 0 Å². The number of hydrogen-bond donors (Lipinski definition) is 1. The van der Waals surface area contributed by atoms with Gasteiger partial charge < -0.3 is 9.72 Å². The molecule has 0 aliphatic heterocycles. The first-order valence-electron chi connectivity index (χ1n) is 10.4. The summed E-state index contributed by atoms with van der Waals surface area (Å²) in [5.41, 5.74) is 5.60. The predicted molar refractivity (Wildman–Crippen MR) is 113 cm³/mol. The lowest BCUT2D eigenvalue weighted by molar-refractivity contribution is -0.122. The summed E-state index contributed by atoms with van der Waals surface area (Å²) in [5, 5.41) is 3.29. The molecule has 2 heterocycles. The Morgan fingerprint density at radius 3 is 2.75 bits per heavy atom. The maximum Gasteiger partial charge on any atom is 0.221 e. The minimum Gasteiger partial charge on any atom is -0.353 e. The molecule has 1 aromatic carbocycles. The number of aromatic nitrogens is 2. The van der Waals surface area contributed by atoms with Gasteiger partial charge >= 0.3 is 0 Å². The van der Waals surface area contributed by atoms with Gasteiger partial charge in [-0.3, -0.25) is 4.79 Å². The van der Waals surface area contributed by atoms with Gasteiger partial charge in [0, 0.05) is 30.8 Å². The van der Waals surface area contributed by atoms with Crippen LogP contribution in [-0.2, 0) is 4.79 Å². The minimum atomic E-state index is -0.0116. The molecule has 0 spiro atoms. The summed E-state index contributed by atoms with van der Waals surface area (Å²) in [7, 11) is 0. The third-order valence-electron chi connectivity index (χ3n) is 5.98. The molecule has 3 aromatic rings. The van der Waals surface area contributed by atoms with Gasteiger partial charge in [-0.1, -0.05) is 43.5 Å². The number of amides is 1. The summed E-state index contributed by atoms with van der Waals surface area (Å²) in [6.45, 7) is 4.19. The number of benzene rings is 1. The van der Waals surface area contributed by atoms with Crippen molar-refractivity contribution in [2.45, 2.75) is 64.3 Å². The number of rotatable bonds is 5. The second-order valence-corrected chi connectivity index (χ2v) is 8.13. The molecule has 146 valence electrons. The van der Waals surface area contributed by atoms with E-state index >= 15 is 0 Å². The molecule has 4 nitrogen and oxygen atoms in total. The van der Waals surface area contributed by atoms with E-state index in [2.05, 4.69) is 71.1 Å². The zero-order chi connectivity index (χ0) is 19.5. The predicted octanol–water partition coefficient (Wildman–Crippen LogP) is 4.92. The standard InChI is InChI=1S/C24H29N3O/c1-17-12-13-27-22(16-25-23(27)14-17)21(20-11-7-6-8-18(20)2)15-24(28)26-19-9-4-3-5-10-19/h6-8,11-14,16,19,21H,3-5,9-10,15H2,1-2H3,(H,26,28). The Bertz CT molecular complexity index is 969. The molecule has 4 heteroatoms. The van der Waals surface area contributed by atoms with Crippen LogP contribution in [-0.4, -0.2) is 21.3 Å². The molecular formula is C24H29N3O. The van der Waals surface area contributed by atoms with Crippen LogP contribution in [0.1, 0.15) is 66.8 Å². The topological polar surface area (TPSA) is 46.4 Å². The van der Waals surface area contributed by atoms with Crippen LogP contribution in [0.5, 0.6) is 0 Å². The van der Waals surface area contributed by atoms with E-state index < -0.39 is 0 Å². The van der Waals surface area contributed by atoms with Crippen LogP contribution in [0, 0.1) is 13.8 Å². The Morgan fingerprint density at radius 1 is 1.18 bits per heavy atom. The van der Waals surface area contributed by atoms with Gasteiger partial charge in [0.15, 0.2) is 0 Å². The number of hydrogen-bond acceptors (Lipinski definition) is 2. The highest BCUT2D eigenvalue weighted by Crippen LogP contribution is 2.31. The van der Waals surface area contributed by atoms with Crippen LogP contribution in [0.4, 0.5) is 0 Å². The lowest BCUT2D eigenvalue weighted by Gasteiger charge is -2.25. The van der Waals surface area contributed by atoms with Crippen molar-refractivity contribution in [1.29, 1.82) is 0 Å². The van der Waals surface area contributed by atoms with E-state index in [0.29, 0.717) is 12.5 Å². The first kappa shape index (κ1) is 18.7. The number of nitrogens with one attached hydrogen (secondary N) is 1. The van der Waals surface area contributed by atoms with Crippen molar-refractivity contribution in [3.63, 3.8) is 0 Å². The first-order valence-corrected chi connectivity index (χ1v) is 10.4. The second kappa shape index (κ2) is 8.17. The highest BCUT2D eigenvalue weighted by molar-refractivity contribution is 5.78. The van der Waals surface area contributed by atoms with Gasteiger partial charge in [0.05, 0.1) is 5.69 Å². The summed E-state index contributed by atoms with van der Waals surface area (Å²) >= 11 is 0. The fraction of sp³-hybridized carbons (Fsp3) is 0.417. The minimum absolute atomic E-state index is 0.0116. The van der Waals surface area contributed by atoms with Crippen molar-refractivity contribution in [3.8, 4) is 0 Å². The van der Waals surface area contributed by atoms with Crippen LogP contribution in [0.3, 0.4) is 0 Å². The van der Waals surface area contributed by atoms with Gasteiger partial charge in [-0.15, -0.1) is 0 Å². The molecule has 1 unspecified atom stereocenters. The van der Waals surface area contributed by atoms with E-state index in [1.54, 1.807) is 0 Å². The lowest BCUT2D eigenvalue weighted by atomic mass is 9.88. The number of pyridine rings is 1. The van der Waals surface area contributed by atoms with Crippen LogP contribution < -0.4 is 5.32 Å². The van der Waals surface area contributed by atoms with Crippen molar-refractivity contribution in [3.05, 3.63) is 71.2 Å². The molecule has 0 radical (unpaired) electrons. The molecule has 1 N–H and O–H groups in total. The number of fused-ring (bicyclic) bond motifs is 1. The molecule has 1 saturated carbocycles. The average Bonchev–Trinajstić information content (AvgIpc) is 3.10. The highest BCUT2D eigenvalue weighted by atomic mass is 16.1. The van der Waals surface area contributed by atoms with E-state index in [1.165, 1.54) is 36.0 Å². The Morgan fingerprint density at radius 2 is 1.96 bits per heavy atom. The third-order valence-corrected chi connectivity index (χ3v) is 5.98. The number of imidazole rings is 1. The smallest absolute Gasteiger partial charge is 0.221 e. The van der Waals surface area contributed by atoms with Crippen molar-refractivity contribution in [2.75, 3.05) is 0 Å². The summed E-state index contributed by atoms with van der Waals surface area (Å²) in [6, 6.07) is 12.9. The molecule has 0 bridgehead atoms. The molecule has 1 amide bonds. The van der Waals surface area contributed by atoms with E-state index in [1.807, 2.05) is 6.20 Å².